The second kappa shape index (κ2) is 4.06. The van der Waals surface area contributed by atoms with Crippen molar-refractivity contribution in [2.45, 2.75) is 13.0 Å². The summed E-state index contributed by atoms with van der Waals surface area (Å²) in [5, 5.41) is 8.83. The van der Waals surface area contributed by atoms with Crippen LogP contribution in [0.5, 0.6) is 0 Å². The molecule has 1 N–H and O–H groups in total. The van der Waals surface area contributed by atoms with Gasteiger partial charge in [0.1, 0.15) is 11.7 Å². The highest BCUT2D eigenvalue weighted by molar-refractivity contribution is 7.03. The van der Waals surface area contributed by atoms with Crippen molar-refractivity contribution >= 4 is 11.5 Å². The van der Waals surface area contributed by atoms with E-state index in [1.54, 1.807) is 0 Å². The quantitative estimate of drug-likeness (QED) is 0.677. The van der Waals surface area contributed by atoms with Crippen LogP contribution in [0, 0.1) is 12.3 Å². The Bertz CT molecular complexity index is 237. The molecule has 58 valence electrons. The van der Waals surface area contributed by atoms with E-state index in [9.17, 15) is 0 Å². The van der Waals surface area contributed by atoms with Gasteiger partial charge in [0, 0.05) is 5.38 Å². The van der Waals surface area contributed by atoms with Crippen molar-refractivity contribution in [1.82, 2.24) is 14.9 Å². The van der Waals surface area contributed by atoms with Crippen molar-refractivity contribution in [3.8, 4) is 12.3 Å². The molecule has 0 bridgehead atoms. The number of terminal acetylenes is 1. The molecule has 0 amide bonds. The van der Waals surface area contributed by atoms with Crippen molar-refractivity contribution in [2.24, 2.45) is 0 Å². The van der Waals surface area contributed by atoms with Gasteiger partial charge in [0.25, 0.3) is 0 Å². The number of aromatic nitrogens is 2. The molecule has 1 unspecified atom stereocenters. The maximum absolute atomic E-state index is 5.27. The van der Waals surface area contributed by atoms with Gasteiger partial charge < -0.3 is 0 Å². The summed E-state index contributed by atoms with van der Waals surface area (Å²) in [5.41, 5.74) is 0.833. The highest BCUT2D eigenvalue weighted by Crippen LogP contribution is 2.08. The van der Waals surface area contributed by atoms with E-state index in [0.29, 0.717) is 0 Å². The molecule has 1 atom stereocenters. The SMILES string of the molecule is C#CC(NCC)c1csnn1. The molecule has 4 heteroatoms. The highest BCUT2D eigenvalue weighted by Gasteiger charge is 2.07. The summed E-state index contributed by atoms with van der Waals surface area (Å²) >= 11 is 1.31. The van der Waals surface area contributed by atoms with E-state index in [1.807, 2.05) is 12.3 Å². The molecule has 1 aromatic rings. The predicted octanol–water partition coefficient (Wildman–Crippen LogP) is 0.822. The normalized spacial score (nSPS) is 12.4. The maximum Gasteiger partial charge on any atom is 0.114 e. The van der Waals surface area contributed by atoms with Crippen LogP contribution in [0.1, 0.15) is 18.7 Å². The van der Waals surface area contributed by atoms with Crippen molar-refractivity contribution in [3.63, 3.8) is 0 Å². The first-order valence-corrected chi connectivity index (χ1v) is 4.18. The van der Waals surface area contributed by atoms with E-state index in [4.69, 9.17) is 6.42 Å². The van der Waals surface area contributed by atoms with Crippen molar-refractivity contribution in [1.29, 1.82) is 0 Å². The summed E-state index contributed by atoms with van der Waals surface area (Å²) < 4.78 is 3.73. The maximum atomic E-state index is 5.27. The third-order valence-electron chi connectivity index (χ3n) is 1.25. The summed E-state index contributed by atoms with van der Waals surface area (Å²) in [7, 11) is 0. The van der Waals surface area contributed by atoms with Gasteiger partial charge in [-0.05, 0) is 18.1 Å². The molecule has 0 aliphatic carbocycles. The van der Waals surface area contributed by atoms with E-state index in [2.05, 4.69) is 20.8 Å². The molecule has 1 rings (SSSR count). The van der Waals surface area contributed by atoms with Gasteiger partial charge >= 0.3 is 0 Å². The fourth-order valence-corrected chi connectivity index (χ4v) is 1.23. The van der Waals surface area contributed by atoms with Gasteiger partial charge in [-0.2, -0.15) is 0 Å². The Balaban J connectivity index is 2.65. The zero-order chi connectivity index (χ0) is 8.10. The molecule has 3 nitrogen and oxygen atoms in total. The van der Waals surface area contributed by atoms with Crippen LogP contribution < -0.4 is 5.32 Å². The number of hydrogen-bond donors (Lipinski definition) is 1. The topological polar surface area (TPSA) is 37.8 Å². The predicted molar refractivity (Wildman–Crippen MR) is 45.2 cm³/mol. The Morgan fingerprint density at radius 1 is 1.91 bits per heavy atom. The first kappa shape index (κ1) is 8.18. The molecule has 0 aromatic carbocycles. The zero-order valence-electron chi connectivity index (χ0n) is 6.24. The lowest BCUT2D eigenvalue weighted by Crippen LogP contribution is -2.19. The zero-order valence-corrected chi connectivity index (χ0v) is 7.06. The van der Waals surface area contributed by atoms with E-state index < -0.39 is 0 Å². The van der Waals surface area contributed by atoms with Gasteiger partial charge in [0.05, 0.1) is 0 Å². The minimum absolute atomic E-state index is 0.0845. The first-order chi connectivity index (χ1) is 5.38. The molecular weight excluding hydrogens is 158 g/mol. The third kappa shape index (κ3) is 2.00. The van der Waals surface area contributed by atoms with Crippen LogP contribution in [0.15, 0.2) is 5.38 Å². The van der Waals surface area contributed by atoms with Crippen molar-refractivity contribution in [3.05, 3.63) is 11.1 Å². The Morgan fingerprint density at radius 3 is 3.18 bits per heavy atom. The van der Waals surface area contributed by atoms with Crippen molar-refractivity contribution < 1.29 is 0 Å². The Hall–Kier alpha value is -0.920. The van der Waals surface area contributed by atoms with Crippen LogP contribution in [0.4, 0.5) is 0 Å². The molecule has 0 fully saturated rings. The van der Waals surface area contributed by atoms with Crippen LogP contribution in [0.3, 0.4) is 0 Å². The Kier molecular flexibility index (Phi) is 3.02. The molecular formula is C7H9N3S. The highest BCUT2D eigenvalue weighted by atomic mass is 32.1. The van der Waals surface area contributed by atoms with Crippen molar-refractivity contribution in [2.75, 3.05) is 6.54 Å². The van der Waals surface area contributed by atoms with Gasteiger partial charge in [-0.25, -0.2) is 0 Å². The van der Waals surface area contributed by atoms with Crippen LogP contribution in [0.2, 0.25) is 0 Å². The number of hydrogen-bond acceptors (Lipinski definition) is 4. The minimum Gasteiger partial charge on any atom is -0.299 e. The lowest BCUT2D eigenvalue weighted by atomic mass is 10.2. The minimum atomic E-state index is -0.0845. The lowest BCUT2D eigenvalue weighted by Gasteiger charge is -2.05. The standard InChI is InChI=1S/C7H9N3S/c1-3-6(8-4-2)7-5-11-10-9-7/h1,5-6,8H,4H2,2H3. The lowest BCUT2D eigenvalue weighted by molar-refractivity contribution is 0.647. The monoisotopic (exact) mass is 167 g/mol. The second-order valence-electron chi connectivity index (χ2n) is 1.99. The Morgan fingerprint density at radius 2 is 2.73 bits per heavy atom. The summed E-state index contributed by atoms with van der Waals surface area (Å²) in [4.78, 5) is 0. The average Bonchev–Trinajstić information content (AvgIpc) is 2.52. The van der Waals surface area contributed by atoms with Crippen LogP contribution in [0.25, 0.3) is 0 Å². The molecule has 1 heterocycles. The number of nitrogens with zero attached hydrogens (tertiary/aromatic N) is 2. The molecule has 0 aliphatic rings. The van der Waals surface area contributed by atoms with E-state index >= 15 is 0 Å². The summed E-state index contributed by atoms with van der Waals surface area (Å²) in [6.07, 6.45) is 5.27. The summed E-state index contributed by atoms with van der Waals surface area (Å²) in [6, 6.07) is -0.0845. The third-order valence-corrected chi connectivity index (χ3v) is 1.77. The van der Waals surface area contributed by atoms with Crippen LogP contribution in [-0.2, 0) is 0 Å². The van der Waals surface area contributed by atoms with Gasteiger partial charge in [0.2, 0.25) is 0 Å². The molecule has 11 heavy (non-hydrogen) atoms. The molecule has 0 saturated heterocycles. The van der Waals surface area contributed by atoms with E-state index in [1.165, 1.54) is 11.5 Å². The van der Waals surface area contributed by atoms with Gasteiger partial charge in [0.15, 0.2) is 0 Å². The van der Waals surface area contributed by atoms with E-state index in [-0.39, 0.29) is 6.04 Å². The van der Waals surface area contributed by atoms with Gasteiger partial charge in [-0.15, -0.1) is 11.5 Å². The van der Waals surface area contributed by atoms with E-state index in [0.717, 1.165) is 12.2 Å². The molecule has 0 radical (unpaired) electrons. The first-order valence-electron chi connectivity index (χ1n) is 3.35. The summed E-state index contributed by atoms with van der Waals surface area (Å²) in [5.74, 6) is 2.60. The molecule has 0 aliphatic heterocycles. The summed E-state index contributed by atoms with van der Waals surface area (Å²) in [6.45, 7) is 2.84. The number of nitrogens with one attached hydrogen (secondary N) is 1. The number of rotatable bonds is 3. The molecule has 0 saturated carbocycles. The largest absolute Gasteiger partial charge is 0.299 e. The molecule has 0 spiro atoms. The fourth-order valence-electron chi connectivity index (χ4n) is 0.751. The second-order valence-corrected chi connectivity index (χ2v) is 2.60. The smallest absolute Gasteiger partial charge is 0.114 e. The van der Waals surface area contributed by atoms with Crippen LogP contribution in [-0.4, -0.2) is 16.1 Å². The van der Waals surface area contributed by atoms with Gasteiger partial charge in [-0.3, -0.25) is 5.32 Å². The average molecular weight is 167 g/mol. The van der Waals surface area contributed by atoms with Crippen LogP contribution >= 0.6 is 11.5 Å². The Labute approximate surface area is 70.0 Å². The fraction of sp³-hybridized carbons (Fsp3) is 0.429. The van der Waals surface area contributed by atoms with Gasteiger partial charge in [-0.1, -0.05) is 17.3 Å². The molecule has 1 aromatic heterocycles.